The van der Waals surface area contributed by atoms with Crippen LogP contribution in [0.2, 0.25) is 0 Å². The molecule has 2 heterocycles. The Labute approximate surface area is 212 Å². The first-order chi connectivity index (χ1) is 17.9. The molecule has 11 heteroatoms. The predicted octanol–water partition coefficient (Wildman–Crippen LogP) is 3.34. The average molecular weight is 509 g/mol. The van der Waals surface area contributed by atoms with Crippen molar-refractivity contribution in [3.8, 4) is 6.07 Å². The summed E-state index contributed by atoms with van der Waals surface area (Å²) in [6, 6.07) is 10.9. The first kappa shape index (κ1) is 25.9. The number of carbonyl (C=O) groups is 2. The molecule has 0 spiro atoms. The van der Waals surface area contributed by atoms with E-state index in [1.807, 2.05) is 0 Å². The van der Waals surface area contributed by atoms with E-state index < -0.39 is 35.2 Å². The molecule has 1 unspecified atom stereocenters. The van der Waals surface area contributed by atoms with Crippen LogP contribution in [0.4, 0.5) is 13.6 Å². The quantitative estimate of drug-likeness (QED) is 0.372. The van der Waals surface area contributed by atoms with Crippen LogP contribution in [0.5, 0.6) is 0 Å². The molecule has 0 radical (unpaired) electrons. The van der Waals surface area contributed by atoms with Gasteiger partial charge in [-0.25, -0.2) is 13.6 Å². The van der Waals surface area contributed by atoms with E-state index in [2.05, 4.69) is 32.1 Å². The molecule has 192 valence electrons. The standard InChI is InChI=1S/C26H26F2N6O3/c27-21-7-6-17(14-22(21)28)23-19(16-31-25(36)32-23)24(35)30-10-3-11-34-12-8-26(33-37,9-13-34)20-5-2-1-4-18(20)15-29/h1-2,4-7,14,16,23H,3,8-13H2,(H,30,35)(H2,31,32,36). The van der Waals surface area contributed by atoms with Crippen molar-refractivity contribution < 1.29 is 18.4 Å². The van der Waals surface area contributed by atoms with E-state index in [-0.39, 0.29) is 11.1 Å². The topological polar surface area (TPSA) is 127 Å². The van der Waals surface area contributed by atoms with E-state index in [1.165, 1.54) is 12.3 Å². The number of nitrogens with zero attached hydrogens (tertiary/aromatic N) is 3. The van der Waals surface area contributed by atoms with Gasteiger partial charge in [0.1, 0.15) is 5.54 Å². The number of hydrogen-bond acceptors (Lipinski definition) is 6. The Morgan fingerprint density at radius 2 is 1.95 bits per heavy atom. The Hall–Kier alpha value is -4.17. The lowest BCUT2D eigenvalue weighted by Crippen LogP contribution is -2.45. The van der Waals surface area contributed by atoms with Crippen LogP contribution in [0, 0.1) is 27.9 Å². The van der Waals surface area contributed by atoms with Gasteiger partial charge >= 0.3 is 6.03 Å². The van der Waals surface area contributed by atoms with Crippen LogP contribution >= 0.6 is 0 Å². The van der Waals surface area contributed by atoms with Gasteiger partial charge in [0.15, 0.2) is 11.6 Å². The Kier molecular flexibility index (Phi) is 7.89. The molecule has 3 N–H and O–H groups in total. The molecule has 1 atom stereocenters. The van der Waals surface area contributed by atoms with Crippen molar-refractivity contribution in [3.63, 3.8) is 0 Å². The van der Waals surface area contributed by atoms with Gasteiger partial charge in [-0.1, -0.05) is 29.4 Å². The van der Waals surface area contributed by atoms with Crippen molar-refractivity contribution in [1.29, 1.82) is 5.26 Å². The van der Waals surface area contributed by atoms with Gasteiger partial charge in [-0.2, -0.15) is 5.26 Å². The fourth-order valence-corrected chi connectivity index (χ4v) is 4.78. The lowest BCUT2D eigenvalue weighted by Gasteiger charge is -2.37. The number of halogens is 2. The number of urea groups is 1. The number of nitroso groups, excluding NO2 is 1. The zero-order chi connectivity index (χ0) is 26.4. The molecule has 0 aromatic heterocycles. The lowest BCUT2D eigenvalue weighted by atomic mass is 9.79. The van der Waals surface area contributed by atoms with Gasteiger partial charge in [-0.15, -0.1) is 4.91 Å². The summed E-state index contributed by atoms with van der Waals surface area (Å²) in [5, 5.41) is 20.6. The number of nitriles is 1. The molecule has 1 saturated heterocycles. The number of benzene rings is 2. The van der Waals surface area contributed by atoms with Crippen LogP contribution in [0.1, 0.15) is 42.0 Å². The number of likely N-dealkylation sites (tertiary alicyclic amines) is 1. The van der Waals surface area contributed by atoms with E-state index in [0.717, 1.165) is 12.1 Å². The summed E-state index contributed by atoms with van der Waals surface area (Å²) < 4.78 is 27.1. The maximum atomic E-state index is 13.7. The number of amides is 3. The molecular weight excluding hydrogens is 482 g/mol. The Morgan fingerprint density at radius 1 is 1.19 bits per heavy atom. The van der Waals surface area contributed by atoms with E-state index in [0.29, 0.717) is 56.6 Å². The molecule has 0 bridgehead atoms. The molecule has 2 aliphatic heterocycles. The molecule has 37 heavy (non-hydrogen) atoms. The van der Waals surface area contributed by atoms with E-state index >= 15 is 0 Å². The zero-order valence-electron chi connectivity index (χ0n) is 20.0. The summed E-state index contributed by atoms with van der Waals surface area (Å²) in [7, 11) is 0. The number of rotatable bonds is 8. The number of nitrogens with one attached hydrogen (secondary N) is 3. The molecule has 0 aliphatic carbocycles. The van der Waals surface area contributed by atoms with Crippen molar-refractivity contribution in [2.45, 2.75) is 30.8 Å². The van der Waals surface area contributed by atoms with Crippen molar-refractivity contribution in [3.05, 3.63) is 87.5 Å². The van der Waals surface area contributed by atoms with E-state index in [9.17, 15) is 28.5 Å². The number of piperidine rings is 1. The van der Waals surface area contributed by atoms with Crippen LogP contribution in [0.25, 0.3) is 0 Å². The fourth-order valence-electron chi connectivity index (χ4n) is 4.78. The highest BCUT2D eigenvalue weighted by molar-refractivity contribution is 5.97. The highest BCUT2D eigenvalue weighted by Gasteiger charge is 2.39. The van der Waals surface area contributed by atoms with Crippen molar-refractivity contribution in [2.75, 3.05) is 26.2 Å². The van der Waals surface area contributed by atoms with Crippen LogP contribution in [0.3, 0.4) is 0 Å². The monoisotopic (exact) mass is 508 g/mol. The molecule has 9 nitrogen and oxygen atoms in total. The number of hydrogen-bond donors (Lipinski definition) is 3. The Balaban J connectivity index is 1.29. The summed E-state index contributed by atoms with van der Waals surface area (Å²) in [6.45, 7) is 2.27. The molecule has 2 aromatic rings. The minimum atomic E-state index is -1.07. The second kappa shape index (κ2) is 11.3. The summed E-state index contributed by atoms with van der Waals surface area (Å²) in [6.07, 6.45) is 2.88. The minimum Gasteiger partial charge on any atom is -0.352 e. The molecule has 4 rings (SSSR count). The third kappa shape index (κ3) is 5.65. The predicted molar refractivity (Wildman–Crippen MR) is 131 cm³/mol. The maximum absolute atomic E-state index is 13.7. The highest BCUT2D eigenvalue weighted by atomic mass is 19.2. The van der Waals surface area contributed by atoms with Gasteiger partial charge in [0.2, 0.25) is 0 Å². The van der Waals surface area contributed by atoms with Crippen molar-refractivity contribution >= 4 is 11.9 Å². The Bertz CT molecular complexity index is 1270. The van der Waals surface area contributed by atoms with Crippen LogP contribution < -0.4 is 16.0 Å². The largest absolute Gasteiger partial charge is 0.352 e. The molecule has 2 aliphatic rings. The van der Waals surface area contributed by atoms with Gasteiger partial charge in [0, 0.05) is 31.4 Å². The SMILES string of the molecule is N#Cc1ccccc1C1(N=O)CCN(CCCNC(=O)C2=CNC(=O)NC2c2ccc(F)c(F)c2)CC1. The van der Waals surface area contributed by atoms with Gasteiger partial charge in [-0.3, -0.25) is 4.79 Å². The second-order valence-corrected chi connectivity index (χ2v) is 9.06. The summed E-state index contributed by atoms with van der Waals surface area (Å²) in [4.78, 5) is 38.6. The minimum absolute atomic E-state index is 0.168. The summed E-state index contributed by atoms with van der Waals surface area (Å²) >= 11 is 0. The highest BCUT2D eigenvalue weighted by Crippen LogP contribution is 2.38. The van der Waals surface area contributed by atoms with Crippen molar-refractivity contribution in [1.82, 2.24) is 20.9 Å². The number of carbonyl (C=O) groups excluding carboxylic acids is 2. The van der Waals surface area contributed by atoms with Gasteiger partial charge in [-0.05, 0) is 49.6 Å². The molecule has 2 aromatic carbocycles. The van der Waals surface area contributed by atoms with E-state index in [4.69, 9.17) is 0 Å². The third-order valence-electron chi connectivity index (χ3n) is 6.83. The maximum Gasteiger partial charge on any atom is 0.319 e. The fraction of sp³-hybridized carbons (Fsp3) is 0.346. The Morgan fingerprint density at radius 3 is 2.65 bits per heavy atom. The molecule has 0 saturated carbocycles. The first-order valence-corrected chi connectivity index (χ1v) is 11.9. The molecule has 1 fully saturated rings. The van der Waals surface area contributed by atoms with Gasteiger partial charge in [0.05, 0.1) is 23.2 Å². The third-order valence-corrected chi connectivity index (χ3v) is 6.83. The molecule has 3 amide bonds. The normalized spacial score (nSPS) is 19.1. The average Bonchev–Trinajstić information content (AvgIpc) is 2.93. The summed E-state index contributed by atoms with van der Waals surface area (Å²) in [5.74, 6) is -2.54. The zero-order valence-corrected chi connectivity index (χ0v) is 20.0. The van der Waals surface area contributed by atoms with Crippen LogP contribution in [-0.4, -0.2) is 43.0 Å². The van der Waals surface area contributed by atoms with E-state index in [1.54, 1.807) is 24.3 Å². The van der Waals surface area contributed by atoms with Gasteiger partial charge < -0.3 is 20.9 Å². The van der Waals surface area contributed by atoms with Gasteiger partial charge in [0.25, 0.3) is 5.91 Å². The lowest BCUT2D eigenvalue weighted by molar-refractivity contribution is -0.117. The van der Waals surface area contributed by atoms with Crippen LogP contribution in [0.15, 0.2) is 59.4 Å². The summed E-state index contributed by atoms with van der Waals surface area (Å²) in [5.41, 5.74) is 0.617. The van der Waals surface area contributed by atoms with Crippen molar-refractivity contribution in [2.24, 2.45) is 5.18 Å². The molecular formula is C26H26F2N6O3. The second-order valence-electron chi connectivity index (χ2n) is 9.06. The first-order valence-electron chi connectivity index (χ1n) is 11.9. The van der Waals surface area contributed by atoms with Crippen LogP contribution in [-0.2, 0) is 10.3 Å². The smallest absolute Gasteiger partial charge is 0.319 e.